The molecular weight excluding hydrogens is 316 g/mol. The lowest BCUT2D eigenvalue weighted by molar-refractivity contribution is -0.143. The van der Waals surface area contributed by atoms with Gasteiger partial charge in [-0.1, -0.05) is 11.6 Å². The zero-order valence-electron chi connectivity index (χ0n) is 13.8. The number of carbonyl (C=O) groups is 2. The van der Waals surface area contributed by atoms with Gasteiger partial charge in [0, 0.05) is 39.4 Å². The minimum atomic E-state index is -0.622. The Morgan fingerprint density at radius 3 is 2.57 bits per heavy atom. The predicted octanol–water partition coefficient (Wildman–Crippen LogP) is 1.51. The standard InChI is InChI=1S/C16H23ClN4O2/c1-19(2)14-6-5-12(11-13(14)17)18-15(22)16(23)21-8-4-7-20(3)9-10-21/h5-6,11H,4,7-10H2,1-3H3,(H,18,22). The summed E-state index contributed by atoms with van der Waals surface area (Å²) in [4.78, 5) is 30.1. The highest BCUT2D eigenvalue weighted by atomic mass is 35.5. The van der Waals surface area contributed by atoms with Crippen molar-refractivity contribution in [3.8, 4) is 0 Å². The number of halogens is 1. The van der Waals surface area contributed by atoms with Crippen molar-refractivity contribution < 1.29 is 9.59 Å². The monoisotopic (exact) mass is 338 g/mol. The van der Waals surface area contributed by atoms with Crippen molar-refractivity contribution >= 4 is 34.8 Å². The number of rotatable bonds is 2. The number of amides is 2. The topological polar surface area (TPSA) is 55.9 Å². The molecule has 6 nitrogen and oxygen atoms in total. The first kappa shape index (κ1) is 17.6. The average molecular weight is 339 g/mol. The molecule has 2 rings (SSSR count). The third-order valence-corrected chi connectivity index (χ3v) is 4.19. The first-order chi connectivity index (χ1) is 10.9. The average Bonchev–Trinajstić information content (AvgIpc) is 2.70. The number of nitrogens with zero attached hydrogens (tertiary/aromatic N) is 3. The van der Waals surface area contributed by atoms with Gasteiger partial charge in [-0.2, -0.15) is 0 Å². The summed E-state index contributed by atoms with van der Waals surface area (Å²) in [6.45, 7) is 2.90. The molecule has 1 aromatic carbocycles. The maximum absolute atomic E-state index is 12.3. The van der Waals surface area contributed by atoms with Crippen LogP contribution in [0.5, 0.6) is 0 Å². The molecule has 7 heteroatoms. The molecule has 0 atom stereocenters. The van der Waals surface area contributed by atoms with E-state index < -0.39 is 11.8 Å². The Balaban J connectivity index is 2.01. The second kappa shape index (κ2) is 7.66. The molecule has 23 heavy (non-hydrogen) atoms. The van der Waals surface area contributed by atoms with Gasteiger partial charge < -0.3 is 20.0 Å². The van der Waals surface area contributed by atoms with Gasteiger partial charge in [0.05, 0.1) is 10.7 Å². The van der Waals surface area contributed by atoms with E-state index in [-0.39, 0.29) is 0 Å². The van der Waals surface area contributed by atoms with Gasteiger partial charge in [-0.15, -0.1) is 0 Å². The Kier molecular flexibility index (Phi) is 5.85. The lowest BCUT2D eigenvalue weighted by atomic mass is 10.2. The predicted molar refractivity (Wildman–Crippen MR) is 93.1 cm³/mol. The minimum Gasteiger partial charge on any atom is -0.376 e. The van der Waals surface area contributed by atoms with E-state index in [1.807, 2.05) is 32.1 Å². The SMILES string of the molecule is CN1CCCN(C(=O)C(=O)Nc2ccc(N(C)C)c(Cl)c2)CC1. The molecule has 2 amide bonds. The Bertz CT molecular complexity index is 591. The molecule has 0 aromatic heterocycles. The Morgan fingerprint density at radius 1 is 1.17 bits per heavy atom. The maximum Gasteiger partial charge on any atom is 0.313 e. The normalized spacial score (nSPS) is 15.9. The van der Waals surface area contributed by atoms with Crippen LogP contribution in [0.2, 0.25) is 5.02 Å². The maximum atomic E-state index is 12.3. The molecule has 0 saturated carbocycles. The fourth-order valence-corrected chi connectivity index (χ4v) is 2.87. The van der Waals surface area contributed by atoms with Gasteiger partial charge in [-0.05, 0) is 38.2 Å². The van der Waals surface area contributed by atoms with Crippen molar-refractivity contribution in [2.75, 3.05) is 57.5 Å². The number of hydrogen-bond acceptors (Lipinski definition) is 4. The molecule has 1 aliphatic heterocycles. The van der Waals surface area contributed by atoms with Gasteiger partial charge in [-0.3, -0.25) is 9.59 Å². The molecule has 1 aromatic rings. The molecule has 0 unspecified atom stereocenters. The van der Waals surface area contributed by atoms with Crippen LogP contribution in [0.4, 0.5) is 11.4 Å². The fourth-order valence-electron chi connectivity index (χ4n) is 2.53. The van der Waals surface area contributed by atoms with Crippen LogP contribution >= 0.6 is 11.6 Å². The number of likely N-dealkylation sites (N-methyl/N-ethyl adjacent to an activating group) is 1. The van der Waals surface area contributed by atoms with Crippen LogP contribution in [0.3, 0.4) is 0 Å². The number of nitrogens with one attached hydrogen (secondary N) is 1. The van der Waals surface area contributed by atoms with E-state index in [0.717, 1.165) is 25.2 Å². The van der Waals surface area contributed by atoms with Gasteiger partial charge in [0.15, 0.2) is 0 Å². The smallest absolute Gasteiger partial charge is 0.313 e. The van der Waals surface area contributed by atoms with E-state index in [0.29, 0.717) is 23.8 Å². The van der Waals surface area contributed by atoms with Crippen molar-refractivity contribution in [2.45, 2.75) is 6.42 Å². The van der Waals surface area contributed by atoms with Crippen LogP contribution in [0.15, 0.2) is 18.2 Å². The van der Waals surface area contributed by atoms with E-state index in [2.05, 4.69) is 10.2 Å². The highest BCUT2D eigenvalue weighted by molar-refractivity contribution is 6.40. The molecule has 1 N–H and O–H groups in total. The zero-order valence-corrected chi connectivity index (χ0v) is 14.6. The summed E-state index contributed by atoms with van der Waals surface area (Å²) in [6.07, 6.45) is 0.874. The first-order valence-corrected chi connectivity index (χ1v) is 8.02. The second-order valence-electron chi connectivity index (χ2n) is 5.96. The Labute approximate surface area is 142 Å². The number of anilines is 2. The summed E-state index contributed by atoms with van der Waals surface area (Å²) >= 11 is 6.18. The van der Waals surface area contributed by atoms with E-state index >= 15 is 0 Å². The second-order valence-corrected chi connectivity index (χ2v) is 6.37. The van der Waals surface area contributed by atoms with E-state index in [1.54, 1.807) is 17.0 Å². The highest BCUT2D eigenvalue weighted by Crippen LogP contribution is 2.27. The summed E-state index contributed by atoms with van der Waals surface area (Å²) in [5.74, 6) is -1.11. The molecular formula is C16H23ClN4O2. The summed E-state index contributed by atoms with van der Waals surface area (Å²) in [5, 5.41) is 3.16. The summed E-state index contributed by atoms with van der Waals surface area (Å²) in [7, 11) is 5.79. The lowest BCUT2D eigenvalue weighted by Gasteiger charge is -2.20. The van der Waals surface area contributed by atoms with E-state index in [9.17, 15) is 9.59 Å². The summed E-state index contributed by atoms with van der Waals surface area (Å²) in [6, 6.07) is 5.20. The van der Waals surface area contributed by atoms with Crippen molar-refractivity contribution in [2.24, 2.45) is 0 Å². The Morgan fingerprint density at radius 2 is 1.91 bits per heavy atom. The molecule has 1 fully saturated rings. The van der Waals surface area contributed by atoms with Gasteiger partial charge >= 0.3 is 11.8 Å². The highest BCUT2D eigenvalue weighted by Gasteiger charge is 2.23. The quantitative estimate of drug-likeness (QED) is 0.830. The van der Waals surface area contributed by atoms with Crippen LogP contribution in [0.25, 0.3) is 0 Å². The molecule has 126 valence electrons. The van der Waals surface area contributed by atoms with Crippen LogP contribution < -0.4 is 10.2 Å². The van der Waals surface area contributed by atoms with Crippen molar-refractivity contribution in [3.63, 3.8) is 0 Å². The summed E-state index contributed by atoms with van der Waals surface area (Å²) in [5.41, 5.74) is 1.37. The zero-order chi connectivity index (χ0) is 17.0. The van der Waals surface area contributed by atoms with E-state index in [4.69, 9.17) is 11.6 Å². The Hall–Kier alpha value is -1.79. The van der Waals surface area contributed by atoms with Crippen LogP contribution in [0.1, 0.15) is 6.42 Å². The molecule has 0 radical (unpaired) electrons. The first-order valence-electron chi connectivity index (χ1n) is 7.64. The molecule has 1 saturated heterocycles. The fraction of sp³-hybridized carbons (Fsp3) is 0.500. The van der Waals surface area contributed by atoms with Crippen molar-refractivity contribution in [1.29, 1.82) is 0 Å². The van der Waals surface area contributed by atoms with Gasteiger partial charge in [0.2, 0.25) is 0 Å². The van der Waals surface area contributed by atoms with Gasteiger partial charge in [0.25, 0.3) is 0 Å². The number of benzene rings is 1. The third-order valence-electron chi connectivity index (χ3n) is 3.89. The molecule has 0 aliphatic carbocycles. The molecule has 0 spiro atoms. The van der Waals surface area contributed by atoms with E-state index in [1.165, 1.54) is 0 Å². The molecule has 0 bridgehead atoms. The minimum absolute atomic E-state index is 0.492. The number of hydrogen-bond donors (Lipinski definition) is 1. The molecule has 1 aliphatic rings. The van der Waals surface area contributed by atoms with Crippen LogP contribution in [-0.2, 0) is 9.59 Å². The van der Waals surface area contributed by atoms with Crippen molar-refractivity contribution in [3.05, 3.63) is 23.2 Å². The van der Waals surface area contributed by atoms with Crippen molar-refractivity contribution in [1.82, 2.24) is 9.80 Å². The van der Waals surface area contributed by atoms with Crippen LogP contribution in [-0.4, -0.2) is 68.9 Å². The number of carbonyl (C=O) groups excluding carboxylic acids is 2. The van der Waals surface area contributed by atoms with Gasteiger partial charge in [0.1, 0.15) is 0 Å². The molecule has 1 heterocycles. The summed E-state index contributed by atoms with van der Waals surface area (Å²) < 4.78 is 0. The van der Waals surface area contributed by atoms with Gasteiger partial charge in [-0.25, -0.2) is 0 Å². The largest absolute Gasteiger partial charge is 0.376 e. The third kappa shape index (κ3) is 4.59. The lowest BCUT2D eigenvalue weighted by Crippen LogP contribution is -2.41. The van der Waals surface area contributed by atoms with Crippen LogP contribution in [0, 0.1) is 0 Å².